The fourth-order valence-corrected chi connectivity index (χ4v) is 4.55. The van der Waals surface area contributed by atoms with Crippen molar-refractivity contribution in [3.63, 3.8) is 0 Å². The maximum Gasteiger partial charge on any atom is 0.225 e. The Bertz CT molecular complexity index is 1260. The van der Waals surface area contributed by atoms with Crippen LogP contribution >= 0.6 is 23.2 Å². The average Bonchev–Trinajstić information content (AvgIpc) is 3.19. The SMILES string of the molecule is C[C@@H](CO)Nc1ncc2nc(Nc3ccc(C#N)c(Cl)c3Cl)n(C3CCC(C(N)=O)CC3)c2n1. The van der Waals surface area contributed by atoms with Gasteiger partial charge in [-0.2, -0.15) is 10.2 Å². The monoisotopic (exact) mass is 502 g/mol. The van der Waals surface area contributed by atoms with E-state index in [4.69, 9.17) is 28.9 Å². The van der Waals surface area contributed by atoms with E-state index in [9.17, 15) is 15.2 Å². The summed E-state index contributed by atoms with van der Waals surface area (Å²) in [6.07, 6.45) is 4.38. The molecule has 0 spiro atoms. The van der Waals surface area contributed by atoms with Gasteiger partial charge in [0.1, 0.15) is 11.6 Å². The predicted octanol–water partition coefficient (Wildman–Crippen LogP) is 3.76. The molecule has 0 aliphatic heterocycles. The molecule has 1 aliphatic carbocycles. The molecule has 3 aromatic rings. The summed E-state index contributed by atoms with van der Waals surface area (Å²) in [6, 6.07) is 5.04. The van der Waals surface area contributed by atoms with Crippen molar-refractivity contribution in [2.45, 2.75) is 44.7 Å². The van der Waals surface area contributed by atoms with E-state index in [0.29, 0.717) is 41.6 Å². The number of carbonyl (C=O) groups excluding carboxylic acids is 1. The van der Waals surface area contributed by atoms with E-state index in [1.54, 1.807) is 18.3 Å². The largest absolute Gasteiger partial charge is 0.394 e. The summed E-state index contributed by atoms with van der Waals surface area (Å²) in [4.78, 5) is 25.3. The number of hydrogen-bond acceptors (Lipinski definition) is 8. The van der Waals surface area contributed by atoms with Gasteiger partial charge in [0.05, 0.1) is 34.1 Å². The van der Waals surface area contributed by atoms with Gasteiger partial charge < -0.3 is 21.5 Å². The first-order chi connectivity index (χ1) is 16.3. The Hall–Kier alpha value is -3.13. The van der Waals surface area contributed by atoms with E-state index >= 15 is 0 Å². The first-order valence-corrected chi connectivity index (χ1v) is 11.6. The first-order valence-electron chi connectivity index (χ1n) is 10.9. The van der Waals surface area contributed by atoms with Crippen molar-refractivity contribution < 1.29 is 9.90 Å². The van der Waals surface area contributed by atoms with Crippen LogP contribution in [0.15, 0.2) is 18.3 Å². The predicted molar refractivity (Wildman–Crippen MR) is 130 cm³/mol. The minimum absolute atomic E-state index is 0.00810. The van der Waals surface area contributed by atoms with Crippen LogP contribution in [-0.4, -0.2) is 43.2 Å². The Labute approximate surface area is 206 Å². The highest BCUT2D eigenvalue weighted by Crippen LogP contribution is 2.39. The van der Waals surface area contributed by atoms with Crippen LogP contribution in [-0.2, 0) is 4.79 Å². The molecular weight excluding hydrogens is 479 g/mol. The molecule has 34 heavy (non-hydrogen) atoms. The number of nitrogens with zero attached hydrogens (tertiary/aromatic N) is 5. The molecule has 0 bridgehead atoms. The molecule has 4 rings (SSSR count). The quantitative estimate of drug-likeness (QED) is 0.380. The third-order valence-electron chi connectivity index (χ3n) is 6.00. The highest BCUT2D eigenvalue weighted by atomic mass is 35.5. The van der Waals surface area contributed by atoms with Crippen LogP contribution in [0.4, 0.5) is 17.6 Å². The van der Waals surface area contributed by atoms with E-state index in [1.807, 2.05) is 17.6 Å². The molecule has 1 saturated carbocycles. The summed E-state index contributed by atoms with van der Waals surface area (Å²) < 4.78 is 1.98. The van der Waals surface area contributed by atoms with Crippen molar-refractivity contribution in [2.75, 3.05) is 17.2 Å². The number of primary amides is 1. The second-order valence-electron chi connectivity index (χ2n) is 8.37. The molecule has 1 aliphatic rings. The van der Waals surface area contributed by atoms with Gasteiger partial charge in [-0.1, -0.05) is 23.2 Å². The van der Waals surface area contributed by atoms with Gasteiger partial charge in [-0.25, -0.2) is 9.97 Å². The standard InChI is InChI=1S/C22H24Cl2N8O2/c1-11(10-33)28-21-27-9-16-20(31-21)32(14-5-2-12(3-6-14)19(26)34)22(30-16)29-15-7-4-13(8-25)17(23)18(15)24/h4,7,9,11-12,14,33H,2-3,5-6,10H2,1H3,(H2,26,34)(H,29,30)(H,27,28,31)/t11-,12?,14?/m0/s1. The van der Waals surface area contributed by atoms with Crippen LogP contribution in [0.25, 0.3) is 11.2 Å². The van der Waals surface area contributed by atoms with Gasteiger partial charge in [0.25, 0.3) is 0 Å². The molecule has 10 nitrogen and oxygen atoms in total. The van der Waals surface area contributed by atoms with Crippen LogP contribution in [0.2, 0.25) is 10.0 Å². The van der Waals surface area contributed by atoms with Crippen LogP contribution in [0, 0.1) is 17.2 Å². The molecule has 2 aromatic heterocycles. The normalized spacial score (nSPS) is 18.9. The topological polar surface area (TPSA) is 155 Å². The number of imidazole rings is 1. The Morgan fingerprint density at radius 1 is 1.29 bits per heavy atom. The Kier molecular flexibility index (Phi) is 7.07. The number of carbonyl (C=O) groups is 1. The third kappa shape index (κ3) is 4.73. The van der Waals surface area contributed by atoms with Gasteiger partial charge >= 0.3 is 0 Å². The van der Waals surface area contributed by atoms with Crippen LogP contribution in [0.3, 0.4) is 0 Å². The molecule has 0 radical (unpaired) electrons. The van der Waals surface area contributed by atoms with Crippen molar-refractivity contribution in [1.29, 1.82) is 5.26 Å². The number of nitriles is 1. The minimum atomic E-state index is -0.280. The number of fused-ring (bicyclic) bond motifs is 1. The van der Waals surface area contributed by atoms with Gasteiger partial charge in [-0.3, -0.25) is 9.36 Å². The van der Waals surface area contributed by atoms with E-state index < -0.39 is 0 Å². The van der Waals surface area contributed by atoms with Gasteiger partial charge in [0.15, 0.2) is 5.65 Å². The van der Waals surface area contributed by atoms with Crippen molar-refractivity contribution >= 4 is 57.9 Å². The summed E-state index contributed by atoms with van der Waals surface area (Å²) in [5.41, 5.74) is 7.45. The highest BCUT2D eigenvalue weighted by Gasteiger charge is 2.29. The third-order valence-corrected chi connectivity index (χ3v) is 6.88. The molecule has 1 aromatic carbocycles. The fourth-order valence-electron chi connectivity index (χ4n) is 4.13. The number of nitrogens with two attached hydrogens (primary N) is 1. The number of benzene rings is 1. The number of hydrogen-bond donors (Lipinski definition) is 4. The number of aliphatic hydroxyl groups is 1. The van der Waals surface area contributed by atoms with Crippen molar-refractivity contribution in [3.8, 4) is 6.07 Å². The maximum absolute atomic E-state index is 11.7. The Morgan fingerprint density at radius 3 is 2.68 bits per heavy atom. The summed E-state index contributed by atoms with van der Waals surface area (Å²) in [7, 11) is 0. The van der Waals surface area contributed by atoms with Crippen molar-refractivity contribution in [1.82, 2.24) is 19.5 Å². The molecule has 1 atom stereocenters. The fraction of sp³-hybridized carbons (Fsp3) is 0.409. The number of aliphatic hydroxyl groups excluding tert-OH is 1. The molecular formula is C22H24Cl2N8O2. The number of nitrogens with one attached hydrogen (secondary N) is 2. The molecule has 1 fully saturated rings. The van der Waals surface area contributed by atoms with Crippen LogP contribution < -0.4 is 16.4 Å². The average molecular weight is 503 g/mol. The second kappa shape index (κ2) is 10.0. The van der Waals surface area contributed by atoms with Crippen LogP contribution in [0.5, 0.6) is 0 Å². The molecule has 1 amide bonds. The molecule has 12 heteroatoms. The lowest BCUT2D eigenvalue weighted by Crippen LogP contribution is -2.29. The zero-order valence-corrected chi connectivity index (χ0v) is 19.9. The summed E-state index contributed by atoms with van der Waals surface area (Å²) in [5, 5.41) is 25.2. The lowest BCUT2D eigenvalue weighted by Gasteiger charge is -2.29. The smallest absolute Gasteiger partial charge is 0.225 e. The molecule has 178 valence electrons. The summed E-state index contributed by atoms with van der Waals surface area (Å²) in [6.45, 7) is 1.75. The molecule has 5 N–H and O–H groups in total. The number of anilines is 3. The lowest BCUT2D eigenvalue weighted by molar-refractivity contribution is -0.122. The van der Waals surface area contributed by atoms with Crippen molar-refractivity contribution in [2.24, 2.45) is 11.7 Å². The van der Waals surface area contributed by atoms with Crippen molar-refractivity contribution in [3.05, 3.63) is 33.9 Å². The number of rotatable bonds is 7. The lowest BCUT2D eigenvalue weighted by atomic mass is 9.85. The van der Waals surface area contributed by atoms with Gasteiger partial charge in [0, 0.05) is 18.0 Å². The summed E-state index contributed by atoms with van der Waals surface area (Å²) in [5.74, 6) is 0.429. The van der Waals surface area contributed by atoms with E-state index in [1.165, 1.54) is 0 Å². The zero-order valence-electron chi connectivity index (χ0n) is 18.4. The van der Waals surface area contributed by atoms with Gasteiger partial charge in [-0.05, 0) is 44.7 Å². The molecule has 0 unspecified atom stereocenters. The van der Waals surface area contributed by atoms with E-state index in [2.05, 4.69) is 25.6 Å². The Balaban J connectivity index is 1.76. The van der Waals surface area contributed by atoms with Crippen LogP contribution in [0.1, 0.15) is 44.2 Å². The second-order valence-corrected chi connectivity index (χ2v) is 9.13. The molecule has 0 saturated heterocycles. The minimum Gasteiger partial charge on any atom is -0.394 e. The zero-order chi connectivity index (χ0) is 24.4. The summed E-state index contributed by atoms with van der Waals surface area (Å²) >= 11 is 12.7. The number of aromatic nitrogens is 4. The number of amides is 1. The van der Waals surface area contributed by atoms with Gasteiger partial charge in [-0.15, -0.1) is 0 Å². The highest BCUT2D eigenvalue weighted by molar-refractivity contribution is 6.44. The maximum atomic E-state index is 11.7. The molecule has 2 heterocycles. The first kappa shape index (κ1) is 24.0. The number of halogens is 2. The Morgan fingerprint density at radius 2 is 2.03 bits per heavy atom. The van der Waals surface area contributed by atoms with E-state index in [0.717, 1.165) is 12.8 Å². The van der Waals surface area contributed by atoms with Gasteiger partial charge in [0.2, 0.25) is 17.8 Å². The van der Waals surface area contributed by atoms with E-state index in [-0.39, 0.29) is 46.1 Å².